The van der Waals surface area contributed by atoms with E-state index in [9.17, 15) is 30.8 Å². The van der Waals surface area contributed by atoms with Crippen LogP contribution in [0.2, 0.25) is 0 Å². The number of rotatable bonds is 7. The molecule has 0 saturated heterocycles. The average molecular weight is 420 g/mol. The highest BCUT2D eigenvalue weighted by atomic mass is 32.2. The van der Waals surface area contributed by atoms with Crippen molar-refractivity contribution in [1.82, 2.24) is 10.0 Å². The molecule has 1 amide bonds. The summed E-state index contributed by atoms with van der Waals surface area (Å²) in [4.78, 5) is 11.9. The van der Waals surface area contributed by atoms with Gasteiger partial charge < -0.3 is 10.1 Å². The van der Waals surface area contributed by atoms with Crippen LogP contribution in [0, 0.1) is 5.82 Å². The molecule has 2 rings (SSSR count). The molecule has 0 bridgehead atoms. The molecule has 0 aliphatic rings. The molecule has 2 aromatic rings. The van der Waals surface area contributed by atoms with E-state index in [1.807, 2.05) is 0 Å². The Bertz CT molecular complexity index is 962. The highest BCUT2D eigenvalue weighted by Gasteiger charge is 2.28. The molecule has 2 N–H and O–H groups in total. The molecular weight excluding hydrogens is 404 g/mol. The molecule has 0 radical (unpaired) electrons. The Labute approximate surface area is 158 Å². The van der Waals surface area contributed by atoms with E-state index in [4.69, 9.17) is 0 Å². The Morgan fingerprint density at radius 1 is 1.14 bits per heavy atom. The van der Waals surface area contributed by atoms with Gasteiger partial charge in [0.1, 0.15) is 11.6 Å². The molecular formula is C17H16F4N2O4S. The van der Waals surface area contributed by atoms with E-state index >= 15 is 0 Å². The molecule has 0 heterocycles. The Morgan fingerprint density at radius 3 is 2.50 bits per heavy atom. The van der Waals surface area contributed by atoms with Gasteiger partial charge in [-0.05, 0) is 42.9 Å². The lowest BCUT2D eigenvalue weighted by atomic mass is 10.1. The average Bonchev–Trinajstić information content (AvgIpc) is 2.64. The van der Waals surface area contributed by atoms with Gasteiger partial charge in [-0.2, -0.15) is 13.2 Å². The molecule has 6 nitrogen and oxygen atoms in total. The van der Waals surface area contributed by atoms with Crippen molar-refractivity contribution in [2.45, 2.75) is 17.6 Å². The molecule has 0 spiro atoms. The molecule has 28 heavy (non-hydrogen) atoms. The number of benzene rings is 2. The second kappa shape index (κ2) is 8.57. The van der Waals surface area contributed by atoms with E-state index in [1.54, 1.807) is 0 Å². The molecule has 11 heteroatoms. The standard InChI is InChI=1S/C17H16F4N2O4S/c1-22-28(25,26)13-5-6-15(18)14(8-13)16(24)23-9-11-3-2-4-12(7-11)27-10-17(19,20)21/h2-8,22H,9-10H2,1H3,(H,23,24). The first-order chi connectivity index (χ1) is 13.0. The molecule has 0 unspecified atom stereocenters. The molecule has 0 aliphatic carbocycles. The molecule has 0 aromatic heterocycles. The summed E-state index contributed by atoms with van der Waals surface area (Å²) in [5.41, 5.74) is -0.0757. The number of carbonyl (C=O) groups is 1. The second-order valence-corrected chi connectivity index (χ2v) is 7.47. The van der Waals surface area contributed by atoms with Gasteiger partial charge in [0.2, 0.25) is 10.0 Å². The normalized spacial score (nSPS) is 11.9. The first kappa shape index (κ1) is 21.6. The third kappa shape index (κ3) is 5.92. The van der Waals surface area contributed by atoms with Crippen LogP contribution in [0.1, 0.15) is 15.9 Å². The second-order valence-electron chi connectivity index (χ2n) is 5.58. The summed E-state index contributed by atoms with van der Waals surface area (Å²) in [6, 6.07) is 8.34. The summed E-state index contributed by atoms with van der Waals surface area (Å²) in [6.07, 6.45) is -4.49. The van der Waals surface area contributed by atoms with E-state index < -0.39 is 40.1 Å². The van der Waals surface area contributed by atoms with Crippen molar-refractivity contribution in [1.29, 1.82) is 0 Å². The number of hydrogen-bond acceptors (Lipinski definition) is 4. The zero-order valence-electron chi connectivity index (χ0n) is 14.5. The van der Waals surface area contributed by atoms with Gasteiger partial charge in [-0.3, -0.25) is 4.79 Å². The lowest BCUT2D eigenvalue weighted by Gasteiger charge is -2.11. The van der Waals surface area contributed by atoms with Gasteiger partial charge in [0, 0.05) is 6.54 Å². The lowest BCUT2D eigenvalue weighted by Crippen LogP contribution is -2.25. The van der Waals surface area contributed by atoms with Gasteiger partial charge in [0.25, 0.3) is 5.91 Å². The Morgan fingerprint density at radius 2 is 1.86 bits per heavy atom. The van der Waals surface area contributed by atoms with Crippen molar-refractivity contribution in [3.8, 4) is 5.75 Å². The first-order valence-corrected chi connectivity index (χ1v) is 9.30. The number of alkyl halides is 3. The van der Waals surface area contributed by atoms with Gasteiger partial charge >= 0.3 is 6.18 Å². The SMILES string of the molecule is CNS(=O)(=O)c1ccc(F)c(C(=O)NCc2cccc(OCC(F)(F)F)c2)c1. The topological polar surface area (TPSA) is 84.5 Å². The summed E-state index contributed by atoms with van der Waals surface area (Å²) in [5.74, 6) is -1.85. The van der Waals surface area contributed by atoms with Crippen molar-refractivity contribution < 1.29 is 35.5 Å². The number of ether oxygens (including phenoxy) is 1. The highest BCUT2D eigenvalue weighted by molar-refractivity contribution is 7.89. The van der Waals surface area contributed by atoms with Gasteiger partial charge in [0.05, 0.1) is 10.5 Å². The van der Waals surface area contributed by atoms with Crippen LogP contribution in [0.5, 0.6) is 5.75 Å². The third-order valence-corrected chi connectivity index (χ3v) is 4.93. The third-order valence-electron chi connectivity index (χ3n) is 3.52. The maximum Gasteiger partial charge on any atom is 0.422 e. The Kier molecular flexibility index (Phi) is 6.62. The fraction of sp³-hybridized carbons (Fsp3) is 0.235. The zero-order valence-corrected chi connectivity index (χ0v) is 15.3. The maximum absolute atomic E-state index is 13.9. The summed E-state index contributed by atoms with van der Waals surface area (Å²) in [6.45, 7) is -1.59. The van der Waals surface area contributed by atoms with Crippen molar-refractivity contribution in [3.05, 3.63) is 59.4 Å². The van der Waals surface area contributed by atoms with Crippen molar-refractivity contribution in [2.75, 3.05) is 13.7 Å². The van der Waals surface area contributed by atoms with Gasteiger partial charge in [-0.25, -0.2) is 17.5 Å². The predicted molar refractivity (Wildman–Crippen MR) is 91.8 cm³/mol. The van der Waals surface area contributed by atoms with Gasteiger partial charge in [0.15, 0.2) is 6.61 Å². The smallest absolute Gasteiger partial charge is 0.422 e. The monoisotopic (exact) mass is 420 g/mol. The maximum atomic E-state index is 13.9. The molecule has 152 valence electrons. The number of hydrogen-bond donors (Lipinski definition) is 2. The lowest BCUT2D eigenvalue weighted by molar-refractivity contribution is -0.153. The van der Waals surface area contributed by atoms with Crippen LogP contribution in [0.3, 0.4) is 0 Å². The minimum absolute atomic E-state index is 0.0441. The predicted octanol–water partition coefficient (Wildman–Crippen LogP) is 2.60. The van der Waals surface area contributed by atoms with Crippen LogP contribution in [-0.4, -0.2) is 34.2 Å². The van der Waals surface area contributed by atoms with Crippen LogP contribution in [0.4, 0.5) is 17.6 Å². The minimum Gasteiger partial charge on any atom is -0.484 e. The fourth-order valence-electron chi connectivity index (χ4n) is 2.15. The summed E-state index contributed by atoms with van der Waals surface area (Å²) < 4.78 is 80.7. The van der Waals surface area contributed by atoms with Gasteiger partial charge in [-0.15, -0.1) is 0 Å². The van der Waals surface area contributed by atoms with Crippen LogP contribution in [-0.2, 0) is 16.6 Å². The van der Waals surface area contributed by atoms with E-state index in [0.29, 0.717) is 5.56 Å². The molecule has 0 saturated carbocycles. The van der Waals surface area contributed by atoms with Crippen molar-refractivity contribution in [2.24, 2.45) is 0 Å². The van der Waals surface area contributed by atoms with Crippen LogP contribution < -0.4 is 14.8 Å². The number of carbonyl (C=O) groups excluding carboxylic acids is 1. The minimum atomic E-state index is -4.49. The van der Waals surface area contributed by atoms with Crippen LogP contribution in [0.15, 0.2) is 47.4 Å². The molecule has 0 atom stereocenters. The quantitative estimate of drug-likeness (QED) is 0.675. The summed E-state index contributed by atoms with van der Waals surface area (Å²) in [7, 11) is -2.69. The molecule has 2 aromatic carbocycles. The Balaban J connectivity index is 2.09. The van der Waals surface area contributed by atoms with Crippen LogP contribution >= 0.6 is 0 Å². The van der Waals surface area contributed by atoms with Gasteiger partial charge in [-0.1, -0.05) is 12.1 Å². The van der Waals surface area contributed by atoms with E-state index in [1.165, 1.54) is 31.3 Å². The number of halogens is 4. The number of nitrogens with one attached hydrogen (secondary N) is 2. The Hall–Kier alpha value is -2.66. The van der Waals surface area contributed by atoms with Crippen molar-refractivity contribution in [3.63, 3.8) is 0 Å². The number of sulfonamides is 1. The first-order valence-electron chi connectivity index (χ1n) is 7.81. The largest absolute Gasteiger partial charge is 0.484 e. The number of amides is 1. The van der Waals surface area contributed by atoms with E-state index in [2.05, 4.69) is 14.8 Å². The molecule has 0 aliphatic heterocycles. The fourth-order valence-corrected chi connectivity index (χ4v) is 2.91. The van der Waals surface area contributed by atoms with E-state index in [0.717, 1.165) is 18.2 Å². The zero-order chi connectivity index (χ0) is 20.9. The summed E-state index contributed by atoms with van der Waals surface area (Å²) in [5, 5.41) is 2.38. The van der Waals surface area contributed by atoms with Crippen LogP contribution in [0.25, 0.3) is 0 Å². The highest BCUT2D eigenvalue weighted by Crippen LogP contribution is 2.20. The summed E-state index contributed by atoms with van der Waals surface area (Å²) >= 11 is 0. The molecule has 0 fully saturated rings. The van der Waals surface area contributed by atoms with Crippen molar-refractivity contribution >= 4 is 15.9 Å². The van der Waals surface area contributed by atoms with E-state index in [-0.39, 0.29) is 17.2 Å².